The zero-order chi connectivity index (χ0) is 13.8. The summed E-state index contributed by atoms with van der Waals surface area (Å²) in [5.74, 6) is -0.0110. The Morgan fingerprint density at radius 1 is 1.26 bits per heavy atom. The average molecular weight is 386 g/mol. The normalized spacial score (nSPS) is 11.9. The molecule has 3 N–H and O–H groups in total. The van der Waals surface area contributed by atoms with E-state index < -0.39 is 6.04 Å². The molecule has 2 rings (SSSR count). The quantitative estimate of drug-likeness (QED) is 0.850. The van der Waals surface area contributed by atoms with E-state index in [1.54, 1.807) is 12.1 Å². The molecular formula is C12H10Br2N4O. The smallest absolute Gasteiger partial charge is 0.247 e. The highest BCUT2D eigenvalue weighted by Gasteiger charge is 2.17. The number of rotatable bonds is 3. The average Bonchev–Trinajstić information content (AvgIpc) is 2.42. The number of hydrogen-bond donors (Lipinski definition) is 2. The summed E-state index contributed by atoms with van der Waals surface area (Å²) in [6, 6.07) is 8.37. The number of carbonyl (C=O) groups is 1. The second-order valence-electron chi connectivity index (χ2n) is 3.71. The van der Waals surface area contributed by atoms with Crippen LogP contribution in [0.3, 0.4) is 0 Å². The summed E-state index contributed by atoms with van der Waals surface area (Å²) in [5, 5.41) is 2.63. The van der Waals surface area contributed by atoms with E-state index in [4.69, 9.17) is 5.73 Å². The summed E-state index contributed by atoms with van der Waals surface area (Å²) in [7, 11) is 0. The first kappa shape index (κ1) is 14.1. The Labute approximate surface area is 126 Å². The lowest BCUT2D eigenvalue weighted by molar-refractivity contribution is -0.117. The molecule has 1 amide bonds. The zero-order valence-corrected chi connectivity index (χ0v) is 12.8. The van der Waals surface area contributed by atoms with Gasteiger partial charge < -0.3 is 11.1 Å². The molecule has 0 aliphatic heterocycles. The molecule has 0 saturated heterocycles. The standard InChI is InChI=1S/C12H10Br2N4O/c13-8-6-16-11(10(14)17-8)18-12(19)9(15)7-4-2-1-3-5-7/h1-6,9H,15H2,(H,16,18,19). The molecule has 1 heterocycles. The van der Waals surface area contributed by atoms with Gasteiger partial charge in [0.05, 0.1) is 6.20 Å². The Hall–Kier alpha value is -1.31. The molecule has 2 aromatic rings. The molecule has 0 saturated carbocycles. The van der Waals surface area contributed by atoms with Crippen molar-refractivity contribution in [2.45, 2.75) is 6.04 Å². The van der Waals surface area contributed by atoms with Crippen LogP contribution >= 0.6 is 31.9 Å². The zero-order valence-electron chi connectivity index (χ0n) is 9.68. The van der Waals surface area contributed by atoms with Gasteiger partial charge in [-0.25, -0.2) is 9.97 Å². The summed E-state index contributed by atoms with van der Waals surface area (Å²) >= 11 is 6.41. The number of carbonyl (C=O) groups excluding carboxylic acids is 1. The first-order chi connectivity index (χ1) is 9.08. The maximum absolute atomic E-state index is 12.0. The van der Waals surface area contributed by atoms with Gasteiger partial charge in [0.2, 0.25) is 5.91 Å². The molecule has 19 heavy (non-hydrogen) atoms. The van der Waals surface area contributed by atoms with E-state index in [1.807, 2.05) is 18.2 Å². The highest BCUT2D eigenvalue weighted by atomic mass is 79.9. The molecule has 7 heteroatoms. The van der Waals surface area contributed by atoms with Crippen molar-refractivity contribution in [3.63, 3.8) is 0 Å². The Kier molecular flexibility index (Phi) is 4.62. The molecule has 1 unspecified atom stereocenters. The maximum Gasteiger partial charge on any atom is 0.247 e. The van der Waals surface area contributed by atoms with Crippen LogP contribution in [0.4, 0.5) is 5.82 Å². The lowest BCUT2D eigenvalue weighted by atomic mass is 10.1. The van der Waals surface area contributed by atoms with E-state index in [-0.39, 0.29) is 5.91 Å². The van der Waals surface area contributed by atoms with Crippen LogP contribution in [-0.4, -0.2) is 15.9 Å². The highest BCUT2D eigenvalue weighted by molar-refractivity contribution is 9.11. The van der Waals surface area contributed by atoms with Crippen molar-refractivity contribution < 1.29 is 4.79 Å². The first-order valence-corrected chi connectivity index (χ1v) is 6.96. The molecule has 0 radical (unpaired) electrons. The van der Waals surface area contributed by atoms with Crippen LogP contribution < -0.4 is 11.1 Å². The largest absolute Gasteiger partial charge is 0.316 e. The van der Waals surface area contributed by atoms with Crippen molar-refractivity contribution in [1.82, 2.24) is 9.97 Å². The number of amides is 1. The van der Waals surface area contributed by atoms with Crippen LogP contribution in [0.1, 0.15) is 11.6 Å². The van der Waals surface area contributed by atoms with Crippen molar-refractivity contribution >= 4 is 43.6 Å². The van der Waals surface area contributed by atoms with Crippen LogP contribution in [0.25, 0.3) is 0 Å². The number of nitrogens with one attached hydrogen (secondary N) is 1. The third kappa shape index (κ3) is 3.59. The van der Waals surface area contributed by atoms with Gasteiger partial charge in [-0.2, -0.15) is 0 Å². The van der Waals surface area contributed by atoms with Crippen molar-refractivity contribution in [3.8, 4) is 0 Å². The van der Waals surface area contributed by atoms with E-state index in [1.165, 1.54) is 6.20 Å². The maximum atomic E-state index is 12.0. The third-order valence-electron chi connectivity index (χ3n) is 2.38. The Morgan fingerprint density at radius 3 is 2.58 bits per heavy atom. The fourth-order valence-corrected chi connectivity index (χ4v) is 2.35. The highest BCUT2D eigenvalue weighted by Crippen LogP contribution is 2.20. The van der Waals surface area contributed by atoms with E-state index >= 15 is 0 Å². The van der Waals surface area contributed by atoms with Crippen molar-refractivity contribution in [2.75, 3.05) is 5.32 Å². The van der Waals surface area contributed by atoms with Gasteiger partial charge in [-0.15, -0.1) is 0 Å². The van der Waals surface area contributed by atoms with Gasteiger partial charge in [-0.3, -0.25) is 4.79 Å². The van der Waals surface area contributed by atoms with Gasteiger partial charge in [-0.05, 0) is 37.4 Å². The van der Waals surface area contributed by atoms with Gasteiger partial charge in [0.1, 0.15) is 15.2 Å². The second-order valence-corrected chi connectivity index (χ2v) is 5.27. The van der Waals surface area contributed by atoms with Crippen molar-refractivity contribution in [1.29, 1.82) is 0 Å². The number of nitrogens with zero attached hydrogens (tertiary/aromatic N) is 2. The fraction of sp³-hybridized carbons (Fsp3) is 0.0833. The van der Waals surface area contributed by atoms with Gasteiger partial charge in [0.15, 0.2) is 5.82 Å². The fourth-order valence-electron chi connectivity index (χ4n) is 1.44. The molecule has 0 aliphatic rings. The second kappa shape index (κ2) is 6.23. The minimum atomic E-state index is -0.751. The Balaban J connectivity index is 2.13. The molecule has 1 aromatic heterocycles. The molecule has 5 nitrogen and oxygen atoms in total. The van der Waals surface area contributed by atoms with Crippen LogP contribution in [0.2, 0.25) is 0 Å². The minimum Gasteiger partial charge on any atom is -0.316 e. The predicted octanol–water partition coefficient (Wildman–Crippen LogP) is 2.64. The molecule has 0 bridgehead atoms. The molecule has 0 fully saturated rings. The summed E-state index contributed by atoms with van der Waals surface area (Å²) in [6.07, 6.45) is 1.49. The van der Waals surface area contributed by atoms with Crippen LogP contribution in [0, 0.1) is 0 Å². The van der Waals surface area contributed by atoms with Gasteiger partial charge in [0, 0.05) is 0 Å². The lowest BCUT2D eigenvalue weighted by Crippen LogP contribution is -2.28. The van der Waals surface area contributed by atoms with Gasteiger partial charge >= 0.3 is 0 Å². The summed E-state index contributed by atoms with van der Waals surface area (Å²) in [4.78, 5) is 20.1. The van der Waals surface area contributed by atoms with Gasteiger partial charge in [-0.1, -0.05) is 30.3 Å². The molecule has 0 aliphatic carbocycles. The van der Waals surface area contributed by atoms with Crippen molar-refractivity contribution in [3.05, 3.63) is 51.3 Å². The van der Waals surface area contributed by atoms with Crippen LogP contribution in [0.15, 0.2) is 45.7 Å². The van der Waals surface area contributed by atoms with Crippen molar-refractivity contribution in [2.24, 2.45) is 5.73 Å². The topological polar surface area (TPSA) is 80.9 Å². The van der Waals surface area contributed by atoms with Crippen LogP contribution in [0.5, 0.6) is 0 Å². The molecule has 1 atom stereocenters. The number of anilines is 1. The SMILES string of the molecule is NC(C(=O)Nc1ncc(Br)nc1Br)c1ccccc1. The monoisotopic (exact) mass is 384 g/mol. The van der Waals surface area contributed by atoms with E-state index in [0.717, 1.165) is 5.56 Å². The number of benzene rings is 1. The molecule has 1 aromatic carbocycles. The summed E-state index contributed by atoms with van der Waals surface area (Å²) in [5.41, 5.74) is 6.62. The Bertz CT molecular complexity index is 592. The van der Waals surface area contributed by atoms with E-state index in [2.05, 4.69) is 47.1 Å². The summed E-state index contributed by atoms with van der Waals surface area (Å²) < 4.78 is 1.01. The molecule has 98 valence electrons. The number of aromatic nitrogens is 2. The summed E-state index contributed by atoms with van der Waals surface area (Å²) in [6.45, 7) is 0. The molecule has 0 spiro atoms. The number of nitrogens with two attached hydrogens (primary N) is 1. The number of hydrogen-bond acceptors (Lipinski definition) is 4. The van der Waals surface area contributed by atoms with Crippen LogP contribution in [-0.2, 0) is 4.79 Å². The Morgan fingerprint density at radius 2 is 1.95 bits per heavy atom. The number of halogens is 2. The van der Waals surface area contributed by atoms with E-state index in [0.29, 0.717) is 15.0 Å². The van der Waals surface area contributed by atoms with E-state index in [9.17, 15) is 4.79 Å². The third-order valence-corrected chi connectivity index (χ3v) is 3.32. The lowest BCUT2D eigenvalue weighted by Gasteiger charge is -2.12. The van der Waals surface area contributed by atoms with Gasteiger partial charge in [0.25, 0.3) is 0 Å². The molecular weight excluding hydrogens is 376 g/mol. The first-order valence-electron chi connectivity index (χ1n) is 5.37. The minimum absolute atomic E-state index is 0.333. The predicted molar refractivity (Wildman–Crippen MR) is 79.4 cm³/mol.